The second kappa shape index (κ2) is 6.60. The predicted molar refractivity (Wildman–Crippen MR) is 81.5 cm³/mol. The molecule has 0 unspecified atom stereocenters. The van der Waals surface area contributed by atoms with Gasteiger partial charge in [0.1, 0.15) is 12.4 Å². The molecule has 110 valence electrons. The highest BCUT2D eigenvalue weighted by molar-refractivity contribution is 9.10. The third-order valence-corrected chi connectivity index (χ3v) is 4.05. The monoisotopic (exact) mass is 393 g/mol. The smallest absolute Gasteiger partial charge is 0.272 e. The number of hydrogen-bond acceptors (Lipinski definition) is 3. The van der Waals surface area contributed by atoms with E-state index in [1.54, 1.807) is 6.07 Å². The van der Waals surface area contributed by atoms with Gasteiger partial charge in [0.15, 0.2) is 5.75 Å². The van der Waals surface area contributed by atoms with Gasteiger partial charge < -0.3 is 4.74 Å². The van der Waals surface area contributed by atoms with Gasteiger partial charge in [-0.25, -0.2) is 4.39 Å². The molecular weight excluding hydrogens is 388 g/mol. The predicted octanol–water partition coefficient (Wildman–Crippen LogP) is 5.38. The fraction of sp³-hybridized carbons (Fsp3) is 0.0769. The number of ether oxygens (including phenoxy) is 1. The van der Waals surface area contributed by atoms with Crippen LogP contribution in [-0.2, 0) is 6.61 Å². The summed E-state index contributed by atoms with van der Waals surface area (Å²) < 4.78 is 19.1. The molecule has 2 aromatic carbocycles. The fourth-order valence-electron chi connectivity index (χ4n) is 1.60. The van der Waals surface area contributed by atoms with Crippen LogP contribution in [0.2, 0.25) is 10.0 Å². The Labute approximate surface area is 137 Å². The summed E-state index contributed by atoms with van der Waals surface area (Å²) in [5.74, 6) is -0.308. The van der Waals surface area contributed by atoms with Crippen molar-refractivity contribution in [2.24, 2.45) is 0 Å². The third-order valence-electron chi connectivity index (χ3n) is 2.60. The first-order valence-electron chi connectivity index (χ1n) is 5.59. The largest absolute Gasteiger partial charge is 0.486 e. The lowest BCUT2D eigenvalue weighted by molar-refractivity contribution is -0.384. The molecule has 0 aliphatic carbocycles. The van der Waals surface area contributed by atoms with Crippen LogP contribution in [0, 0.1) is 15.9 Å². The van der Waals surface area contributed by atoms with Crippen LogP contribution in [0.5, 0.6) is 5.75 Å². The van der Waals surface area contributed by atoms with E-state index in [1.807, 2.05) is 0 Å². The minimum Gasteiger partial charge on any atom is -0.486 e. The summed E-state index contributed by atoms with van der Waals surface area (Å²) in [5, 5.41) is 10.7. The molecule has 0 atom stereocenters. The lowest BCUT2D eigenvalue weighted by Crippen LogP contribution is -1.99. The molecule has 0 aliphatic heterocycles. The van der Waals surface area contributed by atoms with Crippen molar-refractivity contribution >= 4 is 44.8 Å². The van der Waals surface area contributed by atoms with Crippen LogP contribution in [0.3, 0.4) is 0 Å². The minimum absolute atomic E-state index is 0.00952. The van der Waals surface area contributed by atoms with Crippen molar-refractivity contribution in [1.29, 1.82) is 0 Å². The zero-order chi connectivity index (χ0) is 15.6. The van der Waals surface area contributed by atoms with Gasteiger partial charge in [0, 0.05) is 17.7 Å². The molecular formula is C13H7BrCl2FNO3. The number of non-ortho nitro benzene ring substituents is 1. The molecule has 0 saturated heterocycles. The van der Waals surface area contributed by atoms with E-state index in [4.69, 9.17) is 27.9 Å². The molecule has 0 saturated carbocycles. The number of halogens is 4. The van der Waals surface area contributed by atoms with Crippen LogP contribution >= 0.6 is 39.1 Å². The van der Waals surface area contributed by atoms with Crippen molar-refractivity contribution in [3.05, 3.63) is 66.3 Å². The van der Waals surface area contributed by atoms with Crippen LogP contribution in [0.15, 0.2) is 34.8 Å². The van der Waals surface area contributed by atoms with E-state index in [0.29, 0.717) is 5.56 Å². The number of benzene rings is 2. The van der Waals surface area contributed by atoms with Crippen molar-refractivity contribution < 1.29 is 14.1 Å². The van der Waals surface area contributed by atoms with E-state index in [2.05, 4.69) is 15.9 Å². The van der Waals surface area contributed by atoms with Crippen LogP contribution in [0.1, 0.15) is 5.56 Å². The minimum atomic E-state index is -0.606. The molecule has 0 N–H and O–H groups in total. The molecule has 0 fully saturated rings. The number of hydrogen-bond donors (Lipinski definition) is 0. The van der Waals surface area contributed by atoms with Gasteiger partial charge in [0.25, 0.3) is 5.69 Å². The van der Waals surface area contributed by atoms with Gasteiger partial charge in [-0.1, -0.05) is 35.3 Å². The number of nitrogens with zero attached hydrogens (tertiary/aromatic N) is 1. The van der Waals surface area contributed by atoms with Crippen molar-refractivity contribution in [2.45, 2.75) is 6.61 Å². The summed E-state index contributed by atoms with van der Waals surface area (Å²) in [6, 6.07) is 6.80. The summed E-state index contributed by atoms with van der Waals surface area (Å²) in [5.41, 5.74) is 0.324. The topological polar surface area (TPSA) is 52.4 Å². The standard InChI is InChI=1S/C13H7BrCl2FNO3/c14-12-7(2-1-3-11(12)17)6-21-13-9(15)4-8(18(19)20)5-10(13)16/h1-5H,6H2. The SMILES string of the molecule is O=[N+]([O-])c1cc(Cl)c(OCc2cccc(F)c2Br)c(Cl)c1. The number of rotatable bonds is 4. The zero-order valence-corrected chi connectivity index (χ0v) is 13.4. The fourth-order valence-corrected chi connectivity index (χ4v) is 2.56. The van der Waals surface area contributed by atoms with Crippen LogP contribution in [0.4, 0.5) is 10.1 Å². The molecule has 0 spiro atoms. The Balaban J connectivity index is 2.24. The molecule has 2 rings (SSSR count). The Hall–Kier alpha value is -1.37. The van der Waals surface area contributed by atoms with Crippen LogP contribution in [0.25, 0.3) is 0 Å². The summed E-state index contributed by atoms with van der Waals surface area (Å²) in [6.07, 6.45) is 0. The molecule has 21 heavy (non-hydrogen) atoms. The first-order valence-corrected chi connectivity index (χ1v) is 7.14. The van der Waals surface area contributed by atoms with E-state index in [0.717, 1.165) is 12.1 Å². The first-order chi connectivity index (χ1) is 9.90. The van der Waals surface area contributed by atoms with E-state index < -0.39 is 10.7 Å². The summed E-state index contributed by atoms with van der Waals surface area (Å²) in [4.78, 5) is 10.1. The molecule has 0 aromatic heterocycles. The maximum absolute atomic E-state index is 13.4. The Morgan fingerprint density at radius 3 is 2.48 bits per heavy atom. The van der Waals surface area contributed by atoms with E-state index in [1.165, 1.54) is 12.1 Å². The van der Waals surface area contributed by atoms with Gasteiger partial charge in [0.05, 0.1) is 19.4 Å². The van der Waals surface area contributed by atoms with Crippen molar-refractivity contribution in [3.63, 3.8) is 0 Å². The maximum atomic E-state index is 13.4. The lowest BCUT2D eigenvalue weighted by atomic mass is 10.2. The molecule has 8 heteroatoms. The second-order valence-corrected chi connectivity index (χ2v) is 5.60. The van der Waals surface area contributed by atoms with E-state index in [-0.39, 0.29) is 32.6 Å². The van der Waals surface area contributed by atoms with Gasteiger partial charge in [-0.15, -0.1) is 0 Å². The van der Waals surface area contributed by atoms with Crippen molar-refractivity contribution in [3.8, 4) is 5.75 Å². The Kier molecular flexibility index (Phi) is 5.03. The molecule has 0 amide bonds. The zero-order valence-electron chi connectivity index (χ0n) is 10.3. The maximum Gasteiger partial charge on any atom is 0.272 e. The molecule has 0 bridgehead atoms. The summed E-state index contributed by atoms with van der Waals surface area (Å²) >= 11 is 14.9. The molecule has 0 aliphatic rings. The quantitative estimate of drug-likeness (QED) is 0.516. The van der Waals surface area contributed by atoms with E-state index >= 15 is 0 Å². The molecule has 2 aromatic rings. The first kappa shape index (κ1) is 16.0. The molecule has 0 heterocycles. The number of nitro benzene ring substituents is 1. The molecule has 0 radical (unpaired) electrons. The Morgan fingerprint density at radius 2 is 1.90 bits per heavy atom. The van der Waals surface area contributed by atoms with Gasteiger partial charge in [-0.3, -0.25) is 10.1 Å². The average molecular weight is 395 g/mol. The number of nitro groups is 1. The van der Waals surface area contributed by atoms with Gasteiger partial charge in [0.2, 0.25) is 0 Å². The van der Waals surface area contributed by atoms with Crippen molar-refractivity contribution in [1.82, 2.24) is 0 Å². The van der Waals surface area contributed by atoms with Crippen LogP contribution < -0.4 is 4.74 Å². The summed E-state index contributed by atoms with van der Waals surface area (Å²) in [6.45, 7) is 0.00952. The Morgan fingerprint density at radius 1 is 1.29 bits per heavy atom. The highest BCUT2D eigenvalue weighted by Gasteiger charge is 2.16. The highest BCUT2D eigenvalue weighted by atomic mass is 79.9. The van der Waals surface area contributed by atoms with Crippen LogP contribution in [-0.4, -0.2) is 4.92 Å². The summed E-state index contributed by atoms with van der Waals surface area (Å²) in [7, 11) is 0. The Bertz CT molecular complexity index is 689. The molecule has 4 nitrogen and oxygen atoms in total. The van der Waals surface area contributed by atoms with Gasteiger partial charge in [-0.05, 0) is 22.0 Å². The average Bonchev–Trinajstić information content (AvgIpc) is 2.42. The highest BCUT2D eigenvalue weighted by Crippen LogP contribution is 2.37. The lowest BCUT2D eigenvalue weighted by Gasteiger charge is -2.11. The second-order valence-electron chi connectivity index (χ2n) is 4.00. The van der Waals surface area contributed by atoms with Crippen molar-refractivity contribution in [2.75, 3.05) is 0 Å². The van der Waals surface area contributed by atoms with E-state index in [9.17, 15) is 14.5 Å². The normalized spacial score (nSPS) is 10.5. The van der Waals surface area contributed by atoms with Gasteiger partial charge >= 0.3 is 0 Å². The van der Waals surface area contributed by atoms with Gasteiger partial charge in [-0.2, -0.15) is 0 Å². The third kappa shape index (κ3) is 3.64.